The molecule has 0 aromatic rings. The summed E-state index contributed by atoms with van der Waals surface area (Å²) in [6.45, 7) is 2.72. The lowest BCUT2D eigenvalue weighted by Gasteiger charge is -2.34. The van der Waals surface area contributed by atoms with Crippen LogP contribution in [-0.2, 0) is 4.79 Å². The molecular weight excluding hydrogens is 224 g/mol. The number of amides is 2. The van der Waals surface area contributed by atoms with Gasteiger partial charge >= 0.3 is 12.0 Å². The number of carboxylic acid groups (broad SMARTS) is 1. The monoisotopic (exact) mass is 244 g/mol. The predicted molar refractivity (Wildman–Crippen MR) is 61.6 cm³/mol. The molecule has 1 unspecified atom stereocenters. The number of likely N-dealkylation sites (tertiary alicyclic amines) is 1. The third kappa shape index (κ3) is 3.89. The summed E-state index contributed by atoms with van der Waals surface area (Å²) in [6, 6.07) is -0.211. The fraction of sp³-hybridized carbons (Fsp3) is 0.818. The van der Waals surface area contributed by atoms with Gasteiger partial charge in [-0.15, -0.1) is 0 Å². The predicted octanol–water partition coefficient (Wildman–Crippen LogP) is 0.216. The van der Waals surface area contributed by atoms with Crippen LogP contribution >= 0.6 is 0 Å². The number of aliphatic carboxylic acids is 1. The molecule has 0 aliphatic carbocycles. The van der Waals surface area contributed by atoms with Gasteiger partial charge in [-0.25, -0.2) is 4.79 Å². The smallest absolute Gasteiger partial charge is 0.319 e. The molecule has 0 aromatic heterocycles. The molecule has 6 heteroatoms. The highest BCUT2D eigenvalue weighted by Crippen LogP contribution is 2.17. The number of piperidine rings is 1. The van der Waals surface area contributed by atoms with Crippen molar-refractivity contribution in [1.29, 1.82) is 0 Å². The molecule has 98 valence electrons. The molecule has 1 fully saturated rings. The van der Waals surface area contributed by atoms with Gasteiger partial charge in [0.1, 0.15) is 0 Å². The Labute approximate surface area is 101 Å². The Morgan fingerprint density at radius 1 is 1.53 bits per heavy atom. The van der Waals surface area contributed by atoms with Crippen molar-refractivity contribution in [2.24, 2.45) is 5.92 Å². The minimum absolute atomic E-state index is 0.211. The number of carbonyl (C=O) groups excluding carboxylic acids is 1. The van der Waals surface area contributed by atoms with Crippen molar-refractivity contribution in [1.82, 2.24) is 9.80 Å². The fourth-order valence-electron chi connectivity index (χ4n) is 2.07. The SMILES string of the molecule is CC(O)CN(C)C(=O)N1CCC[C@@H](C(=O)O)C1. The first-order chi connectivity index (χ1) is 7.91. The van der Waals surface area contributed by atoms with Crippen LogP contribution in [0, 0.1) is 5.92 Å². The number of nitrogens with zero attached hydrogens (tertiary/aromatic N) is 2. The lowest BCUT2D eigenvalue weighted by atomic mass is 9.99. The number of likely N-dealkylation sites (N-methyl/N-ethyl adjacent to an activating group) is 1. The standard InChI is InChI=1S/C11H20N2O4/c1-8(14)6-12(2)11(17)13-5-3-4-9(7-13)10(15)16/h8-9,14H,3-7H2,1-2H3,(H,15,16)/t8?,9-/m1/s1. The number of hydrogen-bond acceptors (Lipinski definition) is 3. The zero-order valence-electron chi connectivity index (χ0n) is 10.3. The third-order valence-electron chi connectivity index (χ3n) is 2.91. The zero-order valence-corrected chi connectivity index (χ0v) is 10.3. The van der Waals surface area contributed by atoms with Gasteiger partial charge in [-0.05, 0) is 19.8 Å². The van der Waals surface area contributed by atoms with Crippen LogP contribution in [0.3, 0.4) is 0 Å². The van der Waals surface area contributed by atoms with E-state index in [1.165, 1.54) is 4.90 Å². The van der Waals surface area contributed by atoms with Gasteiger partial charge in [0.05, 0.1) is 12.0 Å². The van der Waals surface area contributed by atoms with E-state index in [9.17, 15) is 14.7 Å². The van der Waals surface area contributed by atoms with E-state index >= 15 is 0 Å². The number of rotatable bonds is 3. The maximum Gasteiger partial charge on any atom is 0.319 e. The minimum Gasteiger partial charge on any atom is -0.481 e. The summed E-state index contributed by atoms with van der Waals surface area (Å²) in [5, 5.41) is 18.1. The maximum absolute atomic E-state index is 11.9. The van der Waals surface area contributed by atoms with E-state index in [0.29, 0.717) is 19.4 Å². The summed E-state index contributed by atoms with van der Waals surface area (Å²) < 4.78 is 0. The number of hydrogen-bond donors (Lipinski definition) is 2. The fourth-order valence-corrected chi connectivity index (χ4v) is 2.07. The van der Waals surface area contributed by atoms with Gasteiger partial charge in [-0.1, -0.05) is 0 Å². The molecule has 0 aromatic carbocycles. The molecule has 0 saturated carbocycles. The summed E-state index contributed by atoms with van der Waals surface area (Å²) in [6.07, 6.45) is 0.758. The average Bonchev–Trinajstić information content (AvgIpc) is 2.27. The zero-order chi connectivity index (χ0) is 13.0. The van der Waals surface area contributed by atoms with Crippen LogP contribution in [0.4, 0.5) is 4.79 Å². The lowest BCUT2D eigenvalue weighted by Crippen LogP contribution is -2.48. The van der Waals surface area contributed by atoms with Crippen molar-refractivity contribution in [3.05, 3.63) is 0 Å². The van der Waals surface area contributed by atoms with Crippen LogP contribution in [0.15, 0.2) is 0 Å². The van der Waals surface area contributed by atoms with Gasteiger partial charge in [-0.2, -0.15) is 0 Å². The van der Waals surface area contributed by atoms with Gasteiger partial charge in [0.25, 0.3) is 0 Å². The number of aliphatic hydroxyl groups excluding tert-OH is 1. The molecule has 17 heavy (non-hydrogen) atoms. The highest BCUT2D eigenvalue weighted by molar-refractivity contribution is 5.76. The van der Waals surface area contributed by atoms with Crippen LogP contribution in [-0.4, -0.2) is 64.8 Å². The number of aliphatic hydroxyl groups is 1. The number of urea groups is 1. The average molecular weight is 244 g/mol. The third-order valence-corrected chi connectivity index (χ3v) is 2.91. The molecule has 0 radical (unpaired) electrons. The molecule has 2 atom stereocenters. The van der Waals surface area contributed by atoms with E-state index in [1.807, 2.05) is 0 Å². The van der Waals surface area contributed by atoms with Crippen molar-refractivity contribution >= 4 is 12.0 Å². The maximum atomic E-state index is 11.9. The quantitative estimate of drug-likeness (QED) is 0.744. The molecule has 2 N–H and O–H groups in total. The summed E-state index contributed by atoms with van der Waals surface area (Å²) in [7, 11) is 1.61. The second-order valence-electron chi connectivity index (χ2n) is 4.64. The molecular formula is C11H20N2O4. The molecule has 1 rings (SSSR count). The Hall–Kier alpha value is -1.30. The van der Waals surface area contributed by atoms with Gasteiger partial charge in [0.15, 0.2) is 0 Å². The normalized spacial score (nSPS) is 22.1. The van der Waals surface area contributed by atoms with Gasteiger partial charge in [0, 0.05) is 26.7 Å². The van der Waals surface area contributed by atoms with Crippen molar-refractivity contribution in [2.45, 2.75) is 25.9 Å². The van der Waals surface area contributed by atoms with Crippen molar-refractivity contribution in [3.63, 3.8) is 0 Å². The Balaban J connectivity index is 2.54. The molecule has 2 amide bonds. The number of carbonyl (C=O) groups is 2. The minimum atomic E-state index is -0.847. The molecule has 1 heterocycles. The highest BCUT2D eigenvalue weighted by Gasteiger charge is 2.29. The summed E-state index contributed by atoms with van der Waals surface area (Å²) >= 11 is 0. The second-order valence-corrected chi connectivity index (χ2v) is 4.64. The van der Waals surface area contributed by atoms with Crippen LogP contribution < -0.4 is 0 Å². The van der Waals surface area contributed by atoms with E-state index in [0.717, 1.165) is 0 Å². The van der Waals surface area contributed by atoms with Gasteiger partial charge in [-0.3, -0.25) is 4.79 Å². The molecule has 0 bridgehead atoms. The van der Waals surface area contributed by atoms with Gasteiger partial charge < -0.3 is 20.0 Å². The first kappa shape index (κ1) is 13.8. The Morgan fingerprint density at radius 2 is 2.18 bits per heavy atom. The van der Waals surface area contributed by atoms with Crippen molar-refractivity contribution < 1.29 is 19.8 Å². The first-order valence-electron chi connectivity index (χ1n) is 5.82. The van der Waals surface area contributed by atoms with Gasteiger partial charge in [0.2, 0.25) is 0 Å². The number of carboxylic acids is 1. The van der Waals surface area contributed by atoms with E-state index in [4.69, 9.17) is 5.11 Å². The Kier molecular flexibility index (Phi) is 4.74. The van der Waals surface area contributed by atoms with Crippen molar-refractivity contribution in [3.8, 4) is 0 Å². The van der Waals surface area contributed by atoms with E-state index in [2.05, 4.69) is 0 Å². The van der Waals surface area contributed by atoms with Crippen LogP contribution in [0.2, 0.25) is 0 Å². The van der Waals surface area contributed by atoms with Crippen LogP contribution in [0.25, 0.3) is 0 Å². The van der Waals surface area contributed by atoms with Crippen LogP contribution in [0.5, 0.6) is 0 Å². The molecule has 0 spiro atoms. The Morgan fingerprint density at radius 3 is 2.71 bits per heavy atom. The Bertz CT molecular complexity index is 293. The largest absolute Gasteiger partial charge is 0.481 e. The van der Waals surface area contributed by atoms with E-state index < -0.39 is 18.0 Å². The molecule has 6 nitrogen and oxygen atoms in total. The summed E-state index contributed by atoms with van der Waals surface area (Å²) in [5.41, 5.74) is 0. The second kappa shape index (κ2) is 5.86. The molecule has 1 saturated heterocycles. The van der Waals surface area contributed by atoms with E-state index in [1.54, 1.807) is 18.9 Å². The molecule has 1 aliphatic heterocycles. The highest BCUT2D eigenvalue weighted by atomic mass is 16.4. The topological polar surface area (TPSA) is 81.1 Å². The first-order valence-corrected chi connectivity index (χ1v) is 5.82. The summed E-state index contributed by atoms with van der Waals surface area (Å²) in [5.74, 6) is -1.31. The van der Waals surface area contributed by atoms with Crippen LogP contribution in [0.1, 0.15) is 19.8 Å². The summed E-state index contributed by atoms with van der Waals surface area (Å²) in [4.78, 5) is 25.8. The molecule has 1 aliphatic rings. The lowest BCUT2D eigenvalue weighted by molar-refractivity contribution is -0.143. The van der Waals surface area contributed by atoms with E-state index in [-0.39, 0.29) is 19.1 Å². The van der Waals surface area contributed by atoms with Crippen molar-refractivity contribution in [2.75, 3.05) is 26.7 Å².